The van der Waals surface area contributed by atoms with Gasteiger partial charge in [0.15, 0.2) is 11.5 Å². The van der Waals surface area contributed by atoms with E-state index in [4.69, 9.17) is 21.1 Å². The van der Waals surface area contributed by atoms with Crippen LogP contribution in [0.4, 0.5) is 0 Å². The first-order valence-corrected chi connectivity index (χ1v) is 7.73. The minimum Gasteiger partial charge on any atom is -0.493 e. The zero-order valence-electron chi connectivity index (χ0n) is 13.1. The molecule has 116 valence electrons. The number of fused-ring (bicyclic) bond motifs is 1. The Labute approximate surface area is 136 Å². The SMILES string of the molecule is COc1cc2c(cc1OC)[C@H](c1ccccc1Cl)N(C)CC2. The molecule has 0 amide bonds. The fraction of sp³-hybridized carbons (Fsp3) is 0.333. The number of benzene rings is 2. The molecule has 4 heteroatoms. The van der Waals surface area contributed by atoms with Gasteiger partial charge in [-0.05, 0) is 48.4 Å². The first-order valence-electron chi connectivity index (χ1n) is 7.35. The standard InChI is InChI=1S/C18H20ClNO2/c1-20-9-8-12-10-16(21-2)17(22-3)11-14(12)18(20)13-6-4-5-7-15(13)19/h4-7,10-11,18H,8-9H2,1-3H3/t18-/m0/s1. The second kappa shape index (κ2) is 6.19. The number of likely N-dealkylation sites (N-methyl/N-ethyl adjacent to an activating group) is 1. The Morgan fingerprint density at radius 3 is 2.41 bits per heavy atom. The van der Waals surface area contributed by atoms with Crippen LogP contribution in [0.25, 0.3) is 0 Å². The van der Waals surface area contributed by atoms with E-state index in [1.165, 1.54) is 11.1 Å². The number of hydrogen-bond acceptors (Lipinski definition) is 3. The Balaban J connectivity index is 2.16. The van der Waals surface area contributed by atoms with Crippen LogP contribution in [0.15, 0.2) is 36.4 Å². The number of rotatable bonds is 3. The molecule has 2 aromatic carbocycles. The highest BCUT2D eigenvalue weighted by molar-refractivity contribution is 6.31. The normalized spacial score (nSPS) is 17.9. The fourth-order valence-electron chi connectivity index (χ4n) is 3.17. The monoisotopic (exact) mass is 317 g/mol. The summed E-state index contributed by atoms with van der Waals surface area (Å²) in [5.74, 6) is 1.54. The lowest BCUT2D eigenvalue weighted by atomic mass is 9.88. The maximum atomic E-state index is 6.44. The Morgan fingerprint density at radius 2 is 1.73 bits per heavy atom. The van der Waals surface area contributed by atoms with Crippen molar-refractivity contribution in [3.63, 3.8) is 0 Å². The van der Waals surface area contributed by atoms with Crippen molar-refractivity contribution in [2.75, 3.05) is 27.8 Å². The van der Waals surface area contributed by atoms with E-state index < -0.39 is 0 Å². The van der Waals surface area contributed by atoms with Gasteiger partial charge in [0.1, 0.15) is 0 Å². The molecule has 0 spiro atoms. The predicted molar refractivity (Wildman–Crippen MR) is 89.2 cm³/mol. The first kappa shape index (κ1) is 15.2. The summed E-state index contributed by atoms with van der Waals surface area (Å²) < 4.78 is 10.9. The molecule has 1 heterocycles. The molecule has 1 aliphatic heterocycles. The average molecular weight is 318 g/mol. The van der Waals surface area contributed by atoms with Crippen LogP contribution in [-0.2, 0) is 6.42 Å². The van der Waals surface area contributed by atoms with Crippen molar-refractivity contribution in [1.29, 1.82) is 0 Å². The number of halogens is 1. The van der Waals surface area contributed by atoms with Gasteiger partial charge in [-0.2, -0.15) is 0 Å². The number of hydrogen-bond donors (Lipinski definition) is 0. The molecule has 1 aliphatic rings. The fourth-order valence-corrected chi connectivity index (χ4v) is 3.41. The van der Waals surface area contributed by atoms with Crippen molar-refractivity contribution < 1.29 is 9.47 Å². The lowest BCUT2D eigenvalue weighted by molar-refractivity contribution is 0.262. The second-order valence-electron chi connectivity index (χ2n) is 5.56. The van der Waals surface area contributed by atoms with Crippen LogP contribution in [0.1, 0.15) is 22.7 Å². The van der Waals surface area contributed by atoms with Crippen LogP contribution in [0.2, 0.25) is 5.02 Å². The van der Waals surface area contributed by atoms with E-state index in [0.29, 0.717) is 0 Å². The molecular weight excluding hydrogens is 298 g/mol. The van der Waals surface area contributed by atoms with E-state index >= 15 is 0 Å². The minimum atomic E-state index is 0.136. The second-order valence-corrected chi connectivity index (χ2v) is 5.97. The van der Waals surface area contributed by atoms with Crippen LogP contribution in [0, 0.1) is 0 Å². The van der Waals surface area contributed by atoms with Crippen LogP contribution in [-0.4, -0.2) is 32.7 Å². The Bertz CT molecular complexity index is 687. The Hall–Kier alpha value is -1.71. The highest BCUT2D eigenvalue weighted by Crippen LogP contribution is 2.41. The van der Waals surface area contributed by atoms with Gasteiger partial charge in [-0.1, -0.05) is 29.8 Å². The van der Waals surface area contributed by atoms with Crippen molar-refractivity contribution >= 4 is 11.6 Å². The van der Waals surface area contributed by atoms with Gasteiger partial charge in [0, 0.05) is 11.6 Å². The van der Waals surface area contributed by atoms with Crippen molar-refractivity contribution in [1.82, 2.24) is 4.90 Å². The molecule has 0 unspecified atom stereocenters. The zero-order valence-corrected chi connectivity index (χ0v) is 13.9. The highest BCUT2D eigenvalue weighted by Gasteiger charge is 2.29. The summed E-state index contributed by atoms with van der Waals surface area (Å²) in [5.41, 5.74) is 3.65. The molecule has 2 aromatic rings. The van der Waals surface area contributed by atoms with Gasteiger partial charge in [-0.25, -0.2) is 0 Å². The van der Waals surface area contributed by atoms with E-state index in [1.54, 1.807) is 14.2 Å². The van der Waals surface area contributed by atoms with Crippen LogP contribution >= 0.6 is 11.6 Å². The molecule has 0 bridgehead atoms. The smallest absolute Gasteiger partial charge is 0.161 e. The largest absolute Gasteiger partial charge is 0.493 e. The molecule has 0 aromatic heterocycles. The van der Waals surface area contributed by atoms with Gasteiger partial charge >= 0.3 is 0 Å². The third-order valence-corrected chi connectivity index (χ3v) is 4.66. The van der Waals surface area contributed by atoms with Gasteiger partial charge in [0.05, 0.1) is 20.3 Å². The van der Waals surface area contributed by atoms with E-state index in [2.05, 4.69) is 30.1 Å². The van der Waals surface area contributed by atoms with Crippen LogP contribution < -0.4 is 9.47 Å². The molecule has 0 aliphatic carbocycles. The Morgan fingerprint density at radius 1 is 1.05 bits per heavy atom. The van der Waals surface area contributed by atoms with E-state index in [-0.39, 0.29) is 6.04 Å². The van der Waals surface area contributed by atoms with Crippen molar-refractivity contribution in [2.24, 2.45) is 0 Å². The third kappa shape index (κ3) is 2.55. The molecule has 3 nitrogen and oxygen atoms in total. The van der Waals surface area contributed by atoms with E-state index in [9.17, 15) is 0 Å². The summed E-state index contributed by atoms with van der Waals surface area (Å²) in [5, 5.41) is 0.794. The van der Waals surface area contributed by atoms with E-state index in [0.717, 1.165) is 35.1 Å². The van der Waals surface area contributed by atoms with Crippen molar-refractivity contribution in [2.45, 2.75) is 12.5 Å². The summed E-state index contributed by atoms with van der Waals surface area (Å²) in [4.78, 5) is 2.33. The number of ether oxygens (including phenoxy) is 2. The van der Waals surface area contributed by atoms with Gasteiger partial charge in [0.25, 0.3) is 0 Å². The van der Waals surface area contributed by atoms with Crippen molar-refractivity contribution in [3.05, 3.63) is 58.1 Å². The quantitative estimate of drug-likeness (QED) is 0.856. The molecule has 0 saturated carbocycles. The van der Waals surface area contributed by atoms with Crippen LogP contribution in [0.5, 0.6) is 11.5 Å². The molecule has 0 N–H and O–H groups in total. The summed E-state index contributed by atoms with van der Waals surface area (Å²) in [6, 6.07) is 12.3. The predicted octanol–water partition coefficient (Wildman–Crippen LogP) is 3.93. The molecule has 0 radical (unpaired) electrons. The lowest BCUT2D eigenvalue weighted by Gasteiger charge is -2.36. The highest BCUT2D eigenvalue weighted by atomic mass is 35.5. The molecule has 22 heavy (non-hydrogen) atoms. The summed E-state index contributed by atoms with van der Waals surface area (Å²) in [7, 11) is 5.47. The van der Waals surface area contributed by atoms with E-state index in [1.807, 2.05) is 18.2 Å². The third-order valence-electron chi connectivity index (χ3n) is 4.31. The molecule has 0 fully saturated rings. The first-order chi connectivity index (χ1) is 10.7. The lowest BCUT2D eigenvalue weighted by Crippen LogP contribution is -2.33. The summed E-state index contributed by atoms with van der Waals surface area (Å²) in [6.07, 6.45) is 0.993. The maximum absolute atomic E-state index is 6.44. The summed E-state index contributed by atoms with van der Waals surface area (Å²) in [6.45, 7) is 0.984. The molecular formula is C18H20ClNO2. The summed E-state index contributed by atoms with van der Waals surface area (Å²) >= 11 is 6.44. The number of nitrogens with zero attached hydrogens (tertiary/aromatic N) is 1. The molecule has 1 atom stereocenters. The van der Waals surface area contributed by atoms with Crippen LogP contribution in [0.3, 0.4) is 0 Å². The molecule has 3 rings (SSSR count). The zero-order chi connectivity index (χ0) is 15.7. The average Bonchev–Trinajstić information content (AvgIpc) is 2.54. The van der Waals surface area contributed by atoms with Gasteiger partial charge < -0.3 is 9.47 Å². The molecule has 0 saturated heterocycles. The minimum absolute atomic E-state index is 0.136. The van der Waals surface area contributed by atoms with Gasteiger partial charge in [0.2, 0.25) is 0 Å². The number of methoxy groups -OCH3 is 2. The van der Waals surface area contributed by atoms with Crippen molar-refractivity contribution in [3.8, 4) is 11.5 Å². The van der Waals surface area contributed by atoms with Gasteiger partial charge in [-0.3, -0.25) is 4.90 Å². The maximum Gasteiger partial charge on any atom is 0.161 e. The topological polar surface area (TPSA) is 21.7 Å². The van der Waals surface area contributed by atoms with Gasteiger partial charge in [-0.15, -0.1) is 0 Å². The Kier molecular flexibility index (Phi) is 4.27.